The first kappa shape index (κ1) is 24.8. The van der Waals surface area contributed by atoms with E-state index in [4.69, 9.17) is 4.74 Å². The fraction of sp³-hybridized carbons (Fsp3) is 0.875. The number of hydrogen-bond donors (Lipinski definition) is 0. The summed E-state index contributed by atoms with van der Waals surface area (Å²) < 4.78 is 5.29. The van der Waals surface area contributed by atoms with E-state index >= 15 is 0 Å². The highest BCUT2D eigenvalue weighted by Gasteiger charge is 2.57. The van der Waals surface area contributed by atoms with E-state index in [1.54, 1.807) is 0 Å². The quantitative estimate of drug-likeness (QED) is 0.140. The molecule has 1 rings (SSSR count). The van der Waals surface area contributed by atoms with Gasteiger partial charge in [-0.1, -0.05) is 64.2 Å². The average molecular weight is 395 g/mol. The molecule has 0 aromatic carbocycles. The molecule has 1 fully saturated rings. The van der Waals surface area contributed by atoms with Gasteiger partial charge in [-0.15, -0.1) is 0 Å². The third kappa shape index (κ3) is 10.4. The summed E-state index contributed by atoms with van der Waals surface area (Å²) in [5, 5.41) is 0. The van der Waals surface area contributed by atoms with Crippen LogP contribution in [0.3, 0.4) is 0 Å². The molecule has 162 valence electrons. The SMILES string of the molecule is CCOC(=O)C1CC1(CCCCCCCCC=O)CCCCCCCCC=O. The zero-order valence-corrected chi connectivity index (χ0v) is 18.1. The first-order chi connectivity index (χ1) is 13.7. The van der Waals surface area contributed by atoms with Crippen LogP contribution < -0.4 is 0 Å². The van der Waals surface area contributed by atoms with Gasteiger partial charge in [0, 0.05) is 12.8 Å². The molecule has 1 atom stereocenters. The second-order valence-electron chi connectivity index (χ2n) is 8.52. The Morgan fingerprint density at radius 2 is 1.21 bits per heavy atom. The maximum atomic E-state index is 12.2. The maximum absolute atomic E-state index is 12.2. The molecule has 0 aromatic rings. The minimum Gasteiger partial charge on any atom is -0.466 e. The molecule has 0 aromatic heterocycles. The molecule has 0 amide bonds. The van der Waals surface area contributed by atoms with Crippen molar-refractivity contribution >= 4 is 18.5 Å². The van der Waals surface area contributed by atoms with Crippen molar-refractivity contribution in [1.29, 1.82) is 0 Å². The van der Waals surface area contributed by atoms with Crippen LogP contribution in [-0.2, 0) is 19.1 Å². The first-order valence-corrected chi connectivity index (χ1v) is 11.7. The maximum Gasteiger partial charge on any atom is 0.309 e. The van der Waals surface area contributed by atoms with E-state index in [0.29, 0.717) is 19.4 Å². The number of unbranched alkanes of at least 4 members (excludes halogenated alkanes) is 12. The average Bonchev–Trinajstić information content (AvgIpc) is 3.41. The van der Waals surface area contributed by atoms with E-state index in [9.17, 15) is 14.4 Å². The van der Waals surface area contributed by atoms with E-state index in [2.05, 4.69) is 0 Å². The summed E-state index contributed by atoms with van der Waals surface area (Å²) in [4.78, 5) is 32.9. The highest BCUT2D eigenvalue weighted by Crippen LogP contribution is 2.60. The Bertz CT molecular complexity index is 408. The van der Waals surface area contributed by atoms with E-state index in [0.717, 1.165) is 57.5 Å². The summed E-state index contributed by atoms with van der Waals surface area (Å²) in [6.07, 6.45) is 20.9. The predicted molar refractivity (Wildman–Crippen MR) is 113 cm³/mol. The Kier molecular flexibility index (Phi) is 13.9. The summed E-state index contributed by atoms with van der Waals surface area (Å²) in [6, 6.07) is 0. The van der Waals surface area contributed by atoms with Gasteiger partial charge < -0.3 is 14.3 Å². The highest BCUT2D eigenvalue weighted by molar-refractivity contribution is 5.76. The molecule has 28 heavy (non-hydrogen) atoms. The van der Waals surface area contributed by atoms with Crippen molar-refractivity contribution in [2.24, 2.45) is 11.3 Å². The van der Waals surface area contributed by atoms with Crippen LogP contribution in [0.5, 0.6) is 0 Å². The standard InChI is InChI=1S/C24H42O4/c1-2-28-23(27)22-21-24(22,17-13-9-5-3-7-11-15-19-25)18-14-10-6-4-8-12-16-20-26/h19-20,22H,2-18,21H2,1H3. The Morgan fingerprint density at radius 3 is 1.64 bits per heavy atom. The third-order valence-corrected chi connectivity index (χ3v) is 6.25. The molecular weight excluding hydrogens is 352 g/mol. The van der Waals surface area contributed by atoms with Crippen LogP contribution in [0, 0.1) is 11.3 Å². The minimum atomic E-state index is 0.0187. The summed E-state index contributed by atoms with van der Waals surface area (Å²) >= 11 is 0. The van der Waals surface area contributed by atoms with Gasteiger partial charge in [0.25, 0.3) is 0 Å². The Balaban J connectivity index is 2.22. The molecule has 0 N–H and O–H groups in total. The zero-order valence-electron chi connectivity index (χ0n) is 18.1. The number of carbonyl (C=O) groups is 3. The van der Waals surface area contributed by atoms with E-state index in [1.807, 2.05) is 6.92 Å². The van der Waals surface area contributed by atoms with Gasteiger partial charge in [0.1, 0.15) is 12.6 Å². The molecule has 0 bridgehead atoms. The topological polar surface area (TPSA) is 60.4 Å². The molecule has 1 saturated carbocycles. The van der Waals surface area contributed by atoms with Crippen molar-refractivity contribution in [2.45, 2.75) is 116 Å². The van der Waals surface area contributed by atoms with Crippen LogP contribution in [0.1, 0.15) is 116 Å². The van der Waals surface area contributed by atoms with Crippen LogP contribution >= 0.6 is 0 Å². The molecule has 0 heterocycles. The highest BCUT2D eigenvalue weighted by atomic mass is 16.5. The largest absolute Gasteiger partial charge is 0.466 e. The molecule has 0 radical (unpaired) electrons. The Hall–Kier alpha value is -1.19. The molecule has 4 nitrogen and oxygen atoms in total. The number of carbonyl (C=O) groups excluding carboxylic acids is 3. The molecular formula is C24H42O4. The van der Waals surface area contributed by atoms with Gasteiger partial charge in [-0.2, -0.15) is 0 Å². The smallest absolute Gasteiger partial charge is 0.309 e. The number of hydrogen-bond acceptors (Lipinski definition) is 4. The summed E-state index contributed by atoms with van der Waals surface area (Å²) in [5.74, 6) is 0.151. The van der Waals surface area contributed by atoms with Crippen LogP contribution in [-0.4, -0.2) is 25.1 Å². The Morgan fingerprint density at radius 1 is 0.786 bits per heavy atom. The normalized spacial score (nSPS) is 17.2. The van der Waals surface area contributed by atoms with Crippen molar-refractivity contribution in [3.63, 3.8) is 0 Å². The van der Waals surface area contributed by atoms with Gasteiger partial charge in [-0.05, 0) is 44.4 Å². The van der Waals surface area contributed by atoms with Crippen molar-refractivity contribution in [3.05, 3.63) is 0 Å². The number of aldehydes is 2. The fourth-order valence-corrected chi connectivity index (χ4v) is 4.43. The fourth-order valence-electron chi connectivity index (χ4n) is 4.43. The lowest BCUT2D eigenvalue weighted by atomic mass is 9.89. The summed E-state index contributed by atoms with van der Waals surface area (Å²) in [5.41, 5.74) is 0.210. The number of ether oxygens (including phenoxy) is 1. The van der Waals surface area contributed by atoms with Gasteiger partial charge in [0.05, 0.1) is 12.5 Å². The molecule has 0 saturated heterocycles. The lowest BCUT2D eigenvalue weighted by Gasteiger charge is -2.17. The minimum absolute atomic E-state index is 0.0187. The second-order valence-corrected chi connectivity index (χ2v) is 8.52. The van der Waals surface area contributed by atoms with Crippen LogP contribution in [0.15, 0.2) is 0 Å². The second kappa shape index (κ2) is 15.7. The number of rotatable bonds is 20. The van der Waals surface area contributed by atoms with Crippen molar-refractivity contribution in [3.8, 4) is 0 Å². The monoisotopic (exact) mass is 394 g/mol. The molecule has 1 aliphatic rings. The van der Waals surface area contributed by atoms with Crippen molar-refractivity contribution in [1.82, 2.24) is 0 Å². The van der Waals surface area contributed by atoms with Gasteiger partial charge in [-0.25, -0.2) is 0 Å². The third-order valence-electron chi connectivity index (χ3n) is 6.25. The summed E-state index contributed by atoms with van der Waals surface area (Å²) in [6.45, 7) is 2.37. The zero-order chi connectivity index (χ0) is 20.5. The Labute approximate surface area is 172 Å². The molecule has 1 aliphatic carbocycles. The van der Waals surface area contributed by atoms with Crippen LogP contribution in [0.2, 0.25) is 0 Å². The predicted octanol–water partition coefficient (Wildman–Crippen LogP) is 6.20. The molecule has 0 aliphatic heterocycles. The van der Waals surface area contributed by atoms with Crippen LogP contribution in [0.25, 0.3) is 0 Å². The summed E-state index contributed by atoms with van der Waals surface area (Å²) in [7, 11) is 0. The molecule has 1 unspecified atom stereocenters. The van der Waals surface area contributed by atoms with Gasteiger partial charge >= 0.3 is 5.97 Å². The van der Waals surface area contributed by atoms with Crippen molar-refractivity contribution in [2.75, 3.05) is 6.61 Å². The van der Waals surface area contributed by atoms with Gasteiger partial charge in [0.15, 0.2) is 0 Å². The van der Waals surface area contributed by atoms with Gasteiger partial charge in [0.2, 0.25) is 0 Å². The van der Waals surface area contributed by atoms with E-state index in [-0.39, 0.29) is 17.3 Å². The first-order valence-electron chi connectivity index (χ1n) is 11.7. The number of esters is 1. The van der Waals surface area contributed by atoms with Crippen molar-refractivity contribution < 1.29 is 19.1 Å². The molecule has 0 spiro atoms. The lowest BCUT2D eigenvalue weighted by Crippen LogP contribution is -2.14. The van der Waals surface area contributed by atoms with Crippen LogP contribution in [0.4, 0.5) is 0 Å². The van der Waals surface area contributed by atoms with E-state index in [1.165, 1.54) is 51.4 Å². The van der Waals surface area contributed by atoms with E-state index < -0.39 is 0 Å². The lowest BCUT2D eigenvalue weighted by molar-refractivity contribution is -0.145. The van der Waals surface area contributed by atoms with Gasteiger partial charge in [-0.3, -0.25) is 4.79 Å². The molecule has 4 heteroatoms.